The Kier molecular flexibility index (Phi) is 5.84. The van der Waals surface area contributed by atoms with Gasteiger partial charge < -0.3 is 5.32 Å². The summed E-state index contributed by atoms with van der Waals surface area (Å²) in [5.41, 5.74) is 3.09. The van der Waals surface area contributed by atoms with Crippen molar-refractivity contribution in [2.45, 2.75) is 19.5 Å². The molecule has 0 spiro atoms. The fraction of sp³-hybridized carbons (Fsp3) is 0.125. The summed E-state index contributed by atoms with van der Waals surface area (Å²) >= 11 is 0. The Labute approximate surface area is 178 Å². The van der Waals surface area contributed by atoms with E-state index < -0.39 is 17.7 Å². The summed E-state index contributed by atoms with van der Waals surface area (Å²) in [6.45, 7) is 2.21. The van der Waals surface area contributed by atoms with Crippen LogP contribution in [0, 0.1) is 11.6 Å². The van der Waals surface area contributed by atoms with Crippen molar-refractivity contribution in [3.8, 4) is 11.3 Å². The molecule has 1 atom stereocenters. The molecule has 0 aliphatic heterocycles. The van der Waals surface area contributed by atoms with Gasteiger partial charge in [-0.1, -0.05) is 36.4 Å². The lowest BCUT2D eigenvalue weighted by molar-refractivity contribution is 0.0940. The molecule has 4 aromatic rings. The van der Waals surface area contributed by atoms with Gasteiger partial charge in [0.15, 0.2) is 11.6 Å². The number of carbonyl (C=O) groups is 1. The normalized spacial score (nSPS) is 11.8. The molecule has 0 aliphatic rings. The lowest BCUT2D eigenvalue weighted by Crippen LogP contribution is -2.27. The fourth-order valence-electron chi connectivity index (χ4n) is 3.29. The van der Waals surface area contributed by atoms with Crippen molar-refractivity contribution in [3.05, 3.63) is 108 Å². The summed E-state index contributed by atoms with van der Waals surface area (Å²) in [6.07, 6.45) is 4.97. The second kappa shape index (κ2) is 8.87. The molecule has 0 bridgehead atoms. The highest BCUT2D eigenvalue weighted by Crippen LogP contribution is 2.23. The van der Waals surface area contributed by atoms with Crippen LogP contribution in [0.25, 0.3) is 11.3 Å². The minimum atomic E-state index is -0.953. The van der Waals surface area contributed by atoms with Crippen molar-refractivity contribution in [1.82, 2.24) is 20.1 Å². The molecule has 0 fully saturated rings. The van der Waals surface area contributed by atoms with Gasteiger partial charge in [-0.05, 0) is 42.3 Å². The standard InChI is InChI=1S/C24H20F2N4O/c1-16(18-9-10-21(25)22(26)12-18)28-24(31)20-15-30(14-17-6-3-2-4-7-17)29-23(20)19-8-5-11-27-13-19/h2-13,15-16H,14H2,1H3,(H,28,31). The predicted molar refractivity (Wildman–Crippen MR) is 113 cm³/mol. The molecule has 0 aliphatic carbocycles. The predicted octanol–water partition coefficient (Wildman–Crippen LogP) is 4.76. The molecule has 2 aromatic carbocycles. The minimum absolute atomic E-state index is 0.365. The van der Waals surface area contributed by atoms with Gasteiger partial charge in [-0.2, -0.15) is 5.10 Å². The van der Waals surface area contributed by atoms with Crippen molar-refractivity contribution < 1.29 is 13.6 Å². The van der Waals surface area contributed by atoms with Gasteiger partial charge in [0.1, 0.15) is 5.69 Å². The van der Waals surface area contributed by atoms with E-state index in [2.05, 4.69) is 15.4 Å². The summed E-state index contributed by atoms with van der Waals surface area (Å²) < 4.78 is 28.5. The number of halogens is 2. The number of hydrogen-bond acceptors (Lipinski definition) is 3. The quantitative estimate of drug-likeness (QED) is 0.491. The molecule has 1 unspecified atom stereocenters. The molecular weight excluding hydrogens is 398 g/mol. The van der Waals surface area contributed by atoms with Crippen molar-refractivity contribution in [3.63, 3.8) is 0 Å². The Morgan fingerprint density at radius 3 is 2.58 bits per heavy atom. The van der Waals surface area contributed by atoms with Crippen molar-refractivity contribution in [2.24, 2.45) is 0 Å². The molecule has 2 aromatic heterocycles. The molecule has 31 heavy (non-hydrogen) atoms. The van der Waals surface area contributed by atoms with E-state index >= 15 is 0 Å². The first-order valence-corrected chi connectivity index (χ1v) is 9.79. The largest absolute Gasteiger partial charge is 0.345 e. The zero-order valence-corrected chi connectivity index (χ0v) is 16.8. The van der Waals surface area contributed by atoms with Crippen LogP contribution in [-0.4, -0.2) is 20.7 Å². The number of nitrogens with one attached hydrogen (secondary N) is 1. The van der Waals surface area contributed by atoms with E-state index in [1.165, 1.54) is 6.07 Å². The molecule has 0 saturated carbocycles. The molecule has 2 heterocycles. The van der Waals surface area contributed by atoms with Gasteiger partial charge in [-0.25, -0.2) is 8.78 Å². The molecule has 1 N–H and O–H groups in total. The van der Waals surface area contributed by atoms with Crippen molar-refractivity contribution in [2.75, 3.05) is 0 Å². The number of amides is 1. The van der Waals surface area contributed by atoms with Crippen LogP contribution in [0.2, 0.25) is 0 Å². The summed E-state index contributed by atoms with van der Waals surface area (Å²) in [5, 5.41) is 7.45. The van der Waals surface area contributed by atoms with Crippen LogP contribution in [0.15, 0.2) is 79.3 Å². The molecular formula is C24H20F2N4O. The SMILES string of the molecule is CC(NC(=O)c1cn(Cc2ccccc2)nc1-c1cccnc1)c1ccc(F)c(F)c1. The van der Waals surface area contributed by atoms with Gasteiger partial charge in [0.2, 0.25) is 0 Å². The zero-order valence-electron chi connectivity index (χ0n) is 16.8. The maximum atomic E-state index is 13.6. The maximum absolute atomic E-state index is 13.6. The van der Waals surface area contributed by atoms with E-state index in [1.807, 2.05) is 36.4 Å². The average Bonchev–Trinajstić information content (AvgIpc) is 3.21. The number of pyridine rings is 1. The number of nitrogens with zero attached hydrogens (tertiary/aromatic N) is 3. The molecule has 156 valence electrons. The second-order valence-corrected chi connectivity index (χ2v) is 7.18. The zero-order chi connectivity index (χ0) is 21.8. The molecule has 4 rings (SSSR count). The van der Waals surface area contributed by atoms with Gasteiger partial charge in [0, 0.05) is 24.2 Å². The van der Waals surface area contributed by atoms with Crippen LogP contribution in [0.4, 0.5) is 8.78 Å². The highest BCUT2D eigenvalue weighted by Gasteiger charge is 2.21. The first-order chi connectivity index (χ1) is 15.0. The molecule has 0 saturated heterocycles. The number of aromatic nitrogens is 3. The van der Waals surface area contributed by atoms with E-state index in [0.717, 1.165) is 17.7 Å². The third kappa shape index (κ3) is 4.66. The van der Waals surface area contributed by atoms with Crippen LogP contribution in [-0.2, 0) is 6.54 Å². The Hall–Kier alpha value is -3.87. The summed E-state index contributed by atoms with van der Waals surface area (Å²) in [6, 6.07) is 16.4. The van der Waals surface area contributed by atoms with E-state index in [-0.39, 0.29) is 5.91 Å². The smallest absolute Gasteiger partial charge is 0.255 e. The van der Waals surface area contributed by atoms with Crippen LogP contribution in [0.3, 0.4) is 0 Å². The molecule has 1 amide bonds. The second-order valence-electron chi connectivity index (χ2n) is 7.18. The summed E-state index contributed by atoms with van der Waals surface area (Å²) in [7, 11) is 0. The van der Waals surface area contributed by atoms with Crippen LogP contribution in [0.5, 0.6) is 0 Å². The average molecular weight is 418 g/mol. The summed E-state index contributed by atoms with van der Waals surface area (Å²) in [5.74, 6) is -2.25. The number of benzene rings is 2. The molecule has 5 nitrogen and oxygen atoms in total. The first-order valence-electron chi connectivity index (χ1n) is 9.79. The Bertz CT molecular complexity index is 1190. The minimum Gasteiger partial charge on any atom is -0.345 e. The van der Waals surface area contributed by atoms with Gasteiger partial charge in [0.25, 0.3) is 5.91 Å². The van der Waals surface area contributed by atoms with Crippen LogP contribution in [0.1, 0.15) is 34.5 Å². The number of carbonyl (C=O) groups excluding carboxylic acids is 1. The molecule has 0 radical (unpaired) electrons. The lowest BCUT2D eigenvalue weighted by atomic mass is 10.1. The van der Waals surface area contributed by atoms with Crippen molar-refractivity contribution >= 4 is 5.91 Å². The number of rotatable bonds is 6. The van der Waals surface area contributed by atoms with Gasteiger partial charge >= 0.3 is 0 Å². The Morgan fingerprint density at radius 2 is 1.87 bits per heavy atom. The highest BCUT2D eigenvalue weighted by atomic mass is 19.2. The van der Waals surface area contributed by atoms with E-state index in [4.69, 9.17) is 0 Å². The first kappa shape index (κ1) is 20.4. The number of hydrogen-bond donors (Lipinski definition) is 1. The topological polar surface area (TPSA) is 59.8 Å². The Morgan fingerprint density at radius 1 is 1.06 bits per heavy atom. The lowest BCUT2D eigenvalue weighted by Gasteiger charge is -2.14. The fourth-order valence-corrected chi connectivity index (χ4v) is 3.29. The van der Waals surface area contributed by atoms with E-state index in [9.17, 15) is 13.6 Å². The van der Waals surface area contributed by atoms with E-state index in [1.54, 1.807) is 36.3 Å². The van der Waals surface area contributed by atoms with Crippen LogP contribution < -0.4 is 5.32 Å². The van der Waals surface area contributed by atoms with Gasteiger partial charge in [-0.15, -0.1) is 0 Å². The van der Waals surface area contributed by atoms with Crippen LogP contribution >= 0.6 is 0 Å². The monoisotopic (exact) mass is 418 g/mol. The van der Waals surface area contributed by atoms with Crippen molar-refractivity contribution in [1.29, 1.82) is 0 Å². The summed E-state index contributed by atoms with van der Waals surface area (Å²) in [4.78, 5) is 17.2. The Balaban J connectivity index is 1.63. The molecule has 7 heteroatoms. The van der Waals surface area contributed by atoms with Gasteiger partial charge in [-0.3, -0.25) is 14.5 Å². The van der Waals surface area contributed by atoms with Gasteiger partial charge in [0.05, 0.1) is 18.2 Å². The highest BCUT2D eigenvalue weighted by molar-refractivity contribution is 5.99. The third-order valence-electron chi connectivity index (χ3n) is 4.92. The third-order valence-corrected chi connectivity index (χ3v) is 4.92. The van der Waals surface area contributed by atoms with E-state index in [0.29, 0.717) is 28.9 Å². The maximum Gasteiger partial charge on any atom is 0.255 e.